The van der Waals surface area contributed by atoms with Crippen LogP contribution in [0.5, 0.6) is 0 Å². The Morgan fingerprint density at radius 3 is 3.00 bits per heavy atom. The molecule has 0 aliphatic heterocycles. The molecule has 0 atom stereocenters. The molecule has 2 aromatic heterocycles. The summed E-state index contributed by atoms with van der Waals surface area (Å²) in [5, 5.41) is 4.59. The van der Waals surface area contributed by atoms with Crippen LogP contribution in [0.4, 0.5) is 5.13 Å². The largest absolute Gasteiger partial charge is 0.375 e. The summed E-state index contributed by atoms with van der Waals surface area (Å²) in [6.45, 7) is 0. The van der Waals surface area contributed by atoms with E-state index in [1.807, 2.05) is 18.2 Å². The second kappa shape index (κ2) is 3.52. The molecule has 0 unspecified atom stereocenters. The van der Waals surface area contributed by atoms with Crippen LogP contribution in [0.1, 0.15) is 24.6 Å². The van der Waals surface area contributed by atoms with Gasteiger partial charge in [0, 0.05) is 11.5 Å². The molecule has 1 saturated carbocycles. The Morgan fingerprint density at radius 2 is 2.17 bits per heavy atom. The summed E-state index contributed by atoms with van der Waals surface area (Å²) in [6.07, 6.45) is 2.34. The van der Waals surface area contributed by atoms with E-state index in [-0.39, 0.29) is 0 Å². The molecule has 4 rings (SSSR count). The number of aromatic nitrogens is 3. The van der Waals surface area contributed by atoms with Crippen molar-refractivity contribution in [2.24, 2.45) is 0 Å². The van der Waals surface area contributed by atoms with Gasteiger partial charge in [0.25, 0.3) is 5.89 Å². The number of nitrogen functional groups attached to an aromatic ring is 1. The molecule has 90 valence electrons. The fourth-order valence-electron chi connectivity index (χ4n) is 1.93. The Bertz CT molecular complexity index is 729. The van der Waals surface area contributed by atoms with Crippen molar-refractivity contribution in [3.8, 4) is 11.5 Å². The van der Waals surface area contributed by atoms with Gasteiger partial charge in [0.15, 0.2) is 11.0 Å². The Kier molecular flexibility index (Phi) is 1.96. The first-order chi connectivity index (χ1) is 8.79. The van der Waals surface area contributed by atoms with E-state index < -0.39 is 0 Å². The van der Waals surface area contributed by atoms with E-state index in [0.29, 0.717) is 16.9 Å². The van der Waals surface area contributed by atoms with Crippen LogP contribution in [0.15, 0.2) is 22.7 Å². The van der Waals surface area contributed by atoms with E-state index in [0.717, 1.165) is 21.6 Å². The summed E-state index contributed by atoms with van der Waals surface area (Å²) in [6, 6.07) is 5.86. The maximum atomic E-state index is 5.69. The van der Waals surface area contributed by atoms with Gasteiger partial charge in [-0.05, 0) is 31.0 Å². The lowest BCUT2D eigenvalue weighted by atomic mass is 10.2. The number of nitrogens with two attached hydrogens (primary N) is 1. The third-order valence-corrected chi connectivity index (χ3v) is 3.88. The van der Waals surface area contributed by atoms with Crippen LogP contribution in [-0.2, 0) is 0 Å². The molecule has 0 amide bonds. The quantitative estimate of drug-likeness (QED) is 0.764. The first-order valence-electron chi connectivity index (χ1n) is 5.79. The fourth-order valence-corrected chi connectivity index (χ4v) is 2.71. The number of hydrogen-bond acceptors (Lipinski definition) is 6. The van der Waals surface area contributed by atoms with Crippen molar-refractivity contribution in [2.75, 3.05) is 5.73 Å². The number of nitrogens with zero attached hydrogens (tertiary/aromatic N) is 3. The van der Waals surface area contributed by atoms with Gasteiger partial charge in [-0.2, -0.15) is 4.98 Å². The van der Waals surface area contributed by atoms with Gasteiger partial charge < -0.3 is 10.3 Å². The molecule has 0 radical (unpaired) electrons. The lowest BCUT2D eigenvalue weighted by molar-refractivity contribution is 0.423. The van der Waals surface area contributed by atoms with Crippen LogP contribution < -0.4 is 5.73 Å². The zero-order valence-corrected chi connectivity index (χ0v) is 10.3. The van der Waals surface area contributed by atoms with Crippen molar-refractivity contribution < 1.29 is 4.52 Å². The summed E-state index contributed by atoms with van der Waals surface area (Å²) < 4.78 is 6.34. The second-order valence-corrected chi connectivity index (χ2v) is 5.53. The van der Waals surface area contributed by atoms with E-state index in [1.54, 1.807) is 0 Å². The monoisotopic (exact) mass is 258 g/mol. The van der Waals surface area contributed by atoms with Crippen LogP contribution in [0, 0.1) is 0 Å². The minimum absolute atomic E-state index is 0.505. The summed E-state index contributed by atoms with van der Waals surface area (Å²) in [5.74, 6) is 1.91. The number of rotatable bonds is 2. The van der Waals surface area contributed by atoms with Crippen molar-refractivity contribution >= 4 is 26.7 Å². The minimum Gasteiger partial charge on any atom is -0.375 e. The lowest BCUT2D eigenvalue weighted by Crippen LogP contribution is -1.82. The molecule has 1 fully saturated rings. The van der Waals surface area contributed by atoms with Crippen molar-refractivity contribution in [3.05, 3.63) is 24.0 Å². The van der Waals surface area contributed by atoms with Gasteiger partial charge in [0.05, 0.1) is 10.2 Å². The van der Waals surface area contributed by atoms with Crippen LogP contribution in [0.2, 0.25) is 0 Å². The number of benzene rings is 1. The van der Waals surface area contributed by atoms with Gasteiger partial charge in [-0.1, -0.05) is 16.5 Å². The Hall–Kier alpha value is -1.95. The highest BCUT2D eigenvalue weighted by Crippen LogP contribution is 2.39. The van der Waals surface area contributed by atoms with E-state index in [4.69, 9.17) is 10.3 Å². The highest BCUT2D eigenvalue weighted by molar-refractivity contribution is 7.22. The molecule has 0 saturated heterocycles. The topological polar surface area (TPSA) is 77.8 Å². The van der Waals surface area contributed by atoms with Crippen LogP contribution >= 0.6 is 11.3 Å². The maximum absolute atomic E-state index is 5.69. The third-order valence-electron chi connectivity index (χ3n) is 3.04. The van der Waals surface area contributed by atoms with Crippen molar-refractivity contribution in [3.63, 3.8) is 0 Å². The zero-order chi connectivity index (χ0) is 12.1. The standard InChI is InChI=1S/C12H10N4OS/c13-12-14-8-4-3-7(5-9(8)18-12)11-15-10(16-17-11)6-1-2-6/h3-6H,1-2H2,(H2,13,14). The summed E-state index contributed by atoms with van der Waals surface area (Å²) in [5.41, 5.74) is 7.51. The molecule has 1 aliphatic rings. The highest BCUT2D eigenvalue weighted by Gasteiger charge is 2.29. The molecule has 1 aromatic carbocycles. The van der Waals surface area contributed by atoms with Crippen LogP contribution in [0.25, 0.3) is 21.7 Å². The molecular formula is C12H10N4OS. The van der Waals surface area contributed by atoms with Crippen molar-refractivity contribution in [1.29, 1.82) is 0 Å². The average Bonchev–Trinajstić information content (AvgIpc) is 2.97. The predicted molar refractivity (Wildman–Crippen MR) is 69.3 cm³/mol. The Labute approximate surface area is 107 Å². The van der Waals surface area contributed by atoms with Crippen molar-refractivity contribution in [1.82, 2.24) is 15.1 Å². The SMILES string of the molecule is Nc1nc2ccc(-c3nc(C4CC4)no3)cc2s1. The average molecular weight is 258 g/mol. The van der Waals surface area contributed by atoms with Crippen LogP contribution in [-0.4, -0.2) is 15.1 Å². The van der Waals surface area contributed by atoms with Gasteiger partial charge in [0.1, 0.15) is 0 Å². The molecule has 1 aliphatic carbocycles. The Morgan fingerprint density at radius 1 is 1.28 bits per heavy atom. The van der Waals surface area contributed by atoms with E-state index >= 15 is 0 Å². The summed E-state index contributed by atoms with van der Waals surface area (Å²) >= 11 is 1.46. The second-order valence-electron chi connectivity index (χ2n) is 4.47. The first-order valence-corrected chi connectivity index (χ1v) is 6.61. The summed E-state index contributed by atoms with van der Waals surface area (Å²) in [7, 11) is 0. The molecule has 5 nitrogen and oxygen atoms in total. The van der Waals surface area contributed by atoms with Gasteiger partial charge in [-0.3, -0.25) is 0 Å². The smallest absolute Gasteiger partial charge is 0.257 e. The Balaban J connectivity index is 1.79. The maximum Gasteiger partial charge on any atom is 0.257 e. The third kappa shape index (κ3) is 1.57. The van der Waals surface area contributed by atoms with Crippen LogP contribution in [0.3, 0.4) is 0 Å². The molecule has 18 heavy (non-hydrogen) atoms. The molecule has 0 bridgehead atoms. The van der Waals surface area contributed by atoms with E-state index in [9.17, 15) is 0 Å². The predicted octanol–water partition coefficient (Wildman–Crippen LogP) is 2.81. The number of hydrogen-bond donors (Lipinski definition) is 1. The zero-order valence-electron chi connectivity index (χ0n) is 9.46. The van der Waals surface area contributed by atoms with E-state index in [1.165, 1.54) is 24.2 Å². The first kappa shape index (κ1) is 10.0. The fraction of sp³-hybridized carbons (Fsp3) is 0.250. The van der Waals surface area contributed by atoms with Gasteiger partial charge in [-0.15, -0.1) is 0 Å². The molecule has 2 heterocycles. The molecule has 2 N–H and O–H groups in total. The van der Waals surface area contributed by atoms with Gasteiger partial charge in [0.2, 0.25) is 0 Å². The minimum atomic E-state index is 0.505. The lowest BCUT2D eigenvalue weighted by Gasteiger charge is -1.93. The molecule has 6 heteroatoms. The highest BCUT2D eigenvalue weighted by atomic mass is 32.1. The number of fused-ring (bicyclic) bond motifs is 1. The number of anilines is 1. The van der Waals surface area contributed by atoms with Crippen molar-refractivity contribution in [2.45, 2.75) is 18.8 Å². The number of thiazole rings is 1. The van der Waals surface area contributed by atoms with Gasteiger partial charge >= 0.3 is 0 Å². The van der Waals surface area contributed by atoms with Gasteiger partial charge in [-0.25, -0.2) is 4.98 Å². The van der Waals surface area contributed by atoms with E-state index in [2.05, 4.69) is 15.1 Å². The molecule has 3 aromatic rings. The normalized spacial score (nSPS) is 15.3. The molecular weight excluding hydrogens is 248 g/mol. The summed E-state index contributed by atoms with van der Waals surface area (Å²) in [4.78, 5) is 8.65. The molecule has 0 spiro atoms.